The molecule has 4 rings (SSSR count). The van der Waals surface area contributed by atoms with E-state index in [4.69, 9.17) is 0 Å². The third-order valence-corrected chi connectivity index (χ3v) is 6.37. The molecule has 2 aliphatic carbocycles. The second-order valence-corrected chi connectivity index (χ2v) is 8.18. The maximum atomic E-state index is 13.2. The molecule has 0 spiro atoms. The molecule has 2 aromatic rings. The van der Waals surface area contributed by atoms with Crippen LogP contribution < -0.4 is 0 Å². The van der Waals surface area contributed by atoms with Crippen molar-refractivity contribution in [2.75, 3.05) is 0 Å². The van der Waals surface area contributed by atoms with Gasteiger partial charge in [-0.25, -0.2) is 0 Å². The molecule has 0 heterocycles. The molecule has 0 aliphatic heterocycles. The highest BCUT2D eigenvalue weighted by Gasteiger charge is 2.42. The third-order valence-electron chi connectivity index (χ3n) is 6.37. The number of ketones is 2. The molecule has 2 nitrogen and oxygen atoms in total. The normalized spacial score (nSPS) is 25.6. The van der Waals surface area contributed by atoms with Crippen LogP contribution in [0.4, 0.5) is 0 Å². The molecule has 2 aliphatic rings. The zero-order valence-corrected chi connectivity index (χ0v) is 16.3. The molecular weight excluding hydrogens is 344 g/mol. The highest BCUT2D eigenvalue weighted by atomic mass is 16.1. The van der Waals surface area contributed by atoms with Crippen LogP contribution in [0.1, 0.15) is 62.0 Å². The molecular formula is C26H28O2. The largest absolute Gasteiger partial charge is 0.299 e. The molecule has 144 valence electrons. The Morgan fingerprint density at radius 1 is 0.750 bits per heavy atom. The van der Waals surface area contributed by atoms with E-state index in [0.29, 0.717) is 24.4 Å². The van der Waals surface area contributed by atoms with Crippen molar-refractivity contribution < 1.29 is 9.59 Å². The maximum Gasteiger partial charge on any atom is 0.140 e. The molecule has 0 N–H and O–H groups in total. The lowest BCUT2D eigenvalue weighted by Crippen LogP contribution is -2.36. The smallest absolute Gasteiger partial charge is 0.140 e. The molecule has 3 unspecified atom stereocenters. The Morgan fingerprint density at radius 2 is 1.43 bits per heavy atom. The Hall–Kier alpha value is -2.48. The van der Waals surface area contributed by atoms with Crippen molar-refractivity contribution in [1.82, 2.24) is 0 Å². The van der Waals surface area contributed by atoms with Crippen LogP contribution in [-0.2, 0) is 9.59 Å². The minimum Gasteiger partial charge on any atom is -0.299 e. The Kier molecular flexibility index (Phi) is 5.85. The van der Waals surface area contributed by atoms with Gasteiger partial charge in [0.25, 0.3) is 0 Å². The van der Waals surface area contributed by atoms with E-state index < -0.39 is 0 Å². The summed E-state index contributed by atoms with van der Waals surface area (Å²) >= 11 is 0. The Labute approximate surface area is 167 Å². The Bertz CT molecular complexity index is 851. The maximum absolute atomic E-state index is 13.2. The molecule has 28 heavy (non-hydrogen) atoms. The number of hydrogen-bond acceptors (Lipinski definition) is 2. The quantitative estimate of drug-likeness (QED) is 0.661. The van der Waals surface area contributed by atoms with Crippen molar-refractivity contribution in [3.05, 3.63) is 77.4 Å². The van der Waals surface area contributed by atoms with Gasteiger partial charge in [-0.05, 0) is 36.8 Å². The topological polar surface area (TPSA) is 34.1 Å². The van der Waals surface area contributed by atoms with Gasteiger partial charge in [0.15, 0.2) is 0 Å². The van der Waals surface area contributed by atoms with E-state index in [1.165, 1.54) is 5.57 Å². The fourth-order valence-corrected chi connectivity index (χ4v) is 5.06. The van der Waals surface area contributed by atoms with Crippen LogP contribution >= 0.6 is 0 Å². The number of carbonyl (C=O) groups excluding carboxylic acids is 2. The molecule has 2 fully saturated rings. The van der Waals surface area contributed by atoms with Crippen molar-refractivity contribution in [3.63, 3.8) is 0 Å². The number of Topliss-reactive ketones (excluding diaryl/α,β-unsaturated/α-hetero) is 2. The van der Waals surface area contributed by atoms with Crippen molar-refractivity contribution >= 4 is 17.6 Å². The molecule has 0 saturated heterocycles. The van der Waals surface area contributed by atoms with Crippen LogP contribution in [0.5, 0.6) is 0 Å². The summed E-state index contributed by atoms with van der Waals surface area (Å²) in [5, 5.41) is 0. The van der Waals surface area contributed by atoms with Crippen LogP contribution in [-0.4, -0.2) is 11.6 Å². The summed E-state index contributed by atoms with van der Waals surface area (Å²) in [6.07, 6.45) is 8.31. The lowest BCUT2D eigenvalue weighted by Gasteiger charge is -2.38. The minimum absolute atomic E-state index is 0.0308. The van der Waals surface area contributed by atoms with Gasteiger partial charge in [-0.1, -0.05) is 78.7 Å². The summed E-state index contributed by atoms with van der Waals surface area (Å²) in [4.78, 5) is 26.1. The first-order valence-corrected chi connectivity index (χ1v) is 10.6. The number of carbonyl (C=O) groups is 2. The first kappa shape index (κ1) is 18.9. The van der Waals surface area contributed by atoms with Gasteiger partial charge in [-0.2, -0.15) is 0 Å². The van der Waals surface area contributed by atoms with E-state index in [2.05, 4.69) is 30.3 Å². The number of benzene rings is 2. The van der Waals surface area contributed by atoms with E-state index in [0.717, 1.165) is 43.2 Å². The van der Waals surface area contributed by atoms with Gasteiger partial charge in [0.05, 0.1) is 0 Å². The van der Waals surface area contributed by atoms with Gasteiger partial charge in [0, 0.05) is 30.6 Å². The summed E-state index contributed by atoms with van der Waals surface area (Å²) in [7, 11) is 0. The zero-order chi connectivity index (χ0) is 19.3. The molecule has 0 aromatic heterocycles. The van der Waals surface area contributed by atoms with Crippen LogP contribution in [0.3, 0.4) is 0 Å². The van der Waals surface area contributed by atoms with Gasteiger partial charge in [0.1, 0.15) is 11.6 Å². The van der Waals surface area contributed by atoms with Gasteiger partial charge in [-0.15, -0.1) is 0 Å². The lowest BCUT2D eigenvalue weighted by atomic mass is 9.64. The second-order valence-electron chi connectivity index (χ2n) is 8.18. The average molecular weight is 373 g/mol. The predicted octanol–water partition coefficient (Wildman–Crippen LogP) is 5.98. The van der Waals surface area contributed by atoms with Gasteiger partial charge in [0.2, 0.25) is 0 Å². The summed E-state index contributed by atoms with van der Waals surface area (Å²) in [5.74, 6) is 0.403. The fourth-order valence-electron chi connectivity index (χ4n) is 5.06. The van der Waals surface area contributed by atoms with Crippen LogP contribution in [0.15, 0.2) is 66.2 Å². The van der Waals surface area contributed by atoms with E-state index >= 15 is 0 Å². The van der Waals surface area contributed by atoms with Gasteiger partial charge < -0.3 is 0 Å². The first-order valence-electron chi connectivity index (χ1n) is 10.6. The minimum atomic E-state index is -0.177. The monoisotopic (exact) mass is 372 g/mol. The SMILES string of the molecule is O=C1CCCCC1C(c1ccccc1)C1C(=O)CCCC1=Cc1ccccc1. The number of allylic oxidation sites excluding steroid dienone is 1. The molecule has 2 saturated carbocycles. The fraction of sp³-hybridized carbons (Fsp3) is 0.385. The Morgan fingerprint density at radius 3 is 2.14 bits per heavy atom. The van der Waals surface area contributed by atoms with Crippen LogP contribution in [0, 0.1) is 11.8 Å². The number of hydrogen-bond donors (Lipinski definition) is 0. The molecule has 2 aromatic carbocycles. The zero-order valence-electron chi connectivity index (χ0n) is 16.3. The van der Waals surface area contributed by atoms with E-state index in [9.17, 15) is 9.59 Å². The summed E-state index contributed by atoms with van der Waals surface area (Å²) in [5.41, 5.74) is 3.48. The van der Waals surface area contributed by atoms with Crippen LogP contribution in [0.25, 0.3) is 6.08 Å². The van der Waals surface area contributed by atoms with Crippen molar-refractivity contribution in [3.8, 4) is 0 Å². The summed E-state index contributed by atoms with van der Waals surface area (Å²) in [6, 6.07) is 20.5. The van der Waals surface area contributed by atoms with Gasteiger partial charge >= 0.3 is 0 Å². The molecule has 0 bridgehead atoms. The van der Waals surface area contributed by atoms with Crippen LogP contribution in [0.2, 0.25) is 0 Å². The van der Waals surface area contributed by atoms with E-state index in [1.54, 1.807) is 0 Å². The van der Waals surface area contributed by atoms with Crippen molar-refractivity contribution in [2.45, 2.75) is 50.9 Å². The summed E-state index contributed by atoms with van der Waals surface area (Å²) in [6.45, 7) is 0. The van der Waals surface area contributed by atoms with E-state index in [-0.39, 0.29) is 17.8 Å². The van der Waals surface area contributed by atoms with Gasteiger partial charge in [-0.3, -0.25) is 9.59 Å². The average Bonchev–Trinajstić information content (AvgIpc) is 2.73. The first-order chi connectivity index (χ1) is 13.7. The highest BCUT2D eigenvalue weighted by molar-refractivity contribution is 5.90. The van der Waals surface area contributed by atoms with Crippen molar-refractivity contribution in [2.24, 2.45) is 11.8 Å². The third kappa shape index (κ3) is 4.01. The molecule has 2 heteroatoms. The molecule has 0 radical (unpaired) electrons. The standard InChI is InChI=1S/C26H28O2/c27-23-16-8-7-15-22(23)25(20-12-5-2-6-13-20)26-21(14-9-17-24(26)28)18-19-10-3-1-4-11-19/h1-6,10-13,18,22,25-26H,7-9,14-17H2. The second kappa shape index (κ2) is 8.68. The molecule has 0 amide bonds. The lowest BCUT2D eigenvalue weighted by molar-refractivity contribution is -0.128. The van der Waals surface area contributed by atoms with Crippen molar-refractivity contribution in [1.29, 1.82) is 0 Å². The highest BCUT2D eigenvalue weighted by Crippen LogP contribution is 2.45. The predicted molar refractivity (Wildman–Crippen MR) is 113 cm³/mol. The van der Waals surface area contributed by atoms with E-state index in [1.807, 2.05) is 36.4 Å². The summed E-state index contributed by atoms with van der Waals surface area (Å²) < 4.78 is 0. The molecule has 3 atom stereocenters. The number of rotatable bonds is 4. The Balaban J connectivity index is 1.78.